The number of amides is 1. The van der Waals surface area contributed by atoms with Crippen molar-refractivity contribution in [1.82, 2.24) is 9.88 Å². The predicted molar refractivity (Wildman–Crippen MR) is 80.0 cm³/mol. The van der Waals surface area contributed by atoms with E-state index in [0.29, 0.717) is 16.6 Å². The van der Waals surface area contributed by atoms with E-state index in [1.165, 1.54) is 11.2 Å². The van der Waals surface area contributed by atoms with Crippen LogP contribution >= 0.6 is 11.6 Å². The summed E-state index contributed by atoms with van der Waals surface area (Å²) in [5.74, 6) is 0.333. The lowest BCUT2D eigenvalue weighted by molar-refractivity contribution is -0.131. The number of aliphatic hydroxyl groups is 1. The average Bonchev–Trinajstić information content (AvgIpc) is 2.94. The van der Waals surface area contributed by atoms with E-state index in [0.717, 1.165) is 5.56 Å². The highest BCUT2D eigenvalue weighted by atomic mass is 35.5. The lowest BCUT2D eigenvalue weighted by Crippen LogP contribution is -2.38. The third kappa shape index (κ3) is 3.83. The van der Waals surface area contributed by atoms with Crippen LogP contribution in [0.5, 0.6) is 0 Å². The molecule has 2 aromatic rings. The van der Waals surface area contributed by atoms with E-state index in [1.807, 2.05) is 0 Å². The number of nitrogens with zero attached hydrogens (tertiary/aromatic N) is 2. The van der Waals surface area contributed by atoms with E-state index in [9.17, 15) is 4.79 Å². The van der Waals surface area contributed by atoms with Crippen molar-refractivity contribution in [1.29, 1.82) is 0 Å². The van der Waals surface area contributed by atoms with Crippen LogP contribution in [0.1, 0.15) is 12.6 Å². The van der Waals surface area contributed by atoms with Gasteiger partial charge in [-0.3, -0.25) is 4.79 Å². The van der Waals surface area contributed by atoms with Crippen LogP contribution in [0, 0.1) is 0 Å². The van der Waals surface area contributed by atoms with E-state index in [-0.39, 0.29) is 25.0 Å². The Kier molecular flexibility index (Phi) is 4.98. The number of carbonyl (C=O) groups is 1. The van der Waals surface area contributed by atoms with Gasteiger partial charge in [-0.15, -0.1) is 0 Å². The SMILES string of the molecule is CC(CO)N(C)C(=O)Cc1coc(-c2ccc(Cl)cc2)n1. The first-order valence-corrected chi connectivity index (χ1v) is 6.96. The zero-order chi connectivity index (χ0) is 15.4. The summed E-state index contributed by atoms with van der Waals surface area (Å²) >= 11 is 5.83. The van der Waals surface area contributed by atoms with Gasteiger partial charge in [-0.1, -0.05) is 11.6 Å². The van der Waals surface area contributed by atoms with Crippen molar-refractivity contribution in [2.24, 2.45) is 0 Å². The fourth-order valence-corrected chi connectivity index (χ4v) is 1.89. The fourth-order valence-electron chi connectivity index (χ4n) is 1.76. The van der Waals surface area contributed by atoms with Gasteiger partial charge in [0.05, 0.1) is 24.8 Å². The van der Waals surface area contributed by atoms with Crippen molar-refractivity contribution in [2.75, 3.05) is 13.7 Å². The molecule has 2 rings (SSSR count). The van der Waals surface area contributed by atoms with E-state index < -0.39 is 0 Å². The summed E-state index contributed by atoms with van der Waals surface area (Å²) in [7, 11) is 1.66. The number of likely N-dealkylation sites (N-methyl/N-ethyl adjacent to an activating group) is 1. The molecule has 0 aliphatic heterocycles. The molecule has 1 aromatic carbocycles. The first kappa shape index (κ1) is 15.5. The minimum atomic E-state index is -0.222. The highest BCUT2D eigenvalue weighted by molar-refractivity contribution is 6.30. The maximum atomic E-state index is 12.0. The molecule has 112 valence electrons. The molecule has 1 unspecified atom stereocenters. The molecule has 0 saturated carbocycles. The summed E-state index contributed by atoms with van der Waals surface area (Å²) in [5.41, 5.74) is 1.36. The Morgan fingerprint density at radius 1 is 1.43 bits per heavy atom. The second-order valence-corrected chi connectivity index (χ2v) is 5.30. The third-order valence-electron chi connectivity index (χ3n) is 3.29. The molecule has 1 atom stereocenters. The van der Waals surface area contributed by atoms with Crippen LogP contribution in [0.15, 0.2) is 34.9 Å². The molecule has 0 bridgehead atoms. The molecular formula is C15H17ClN2O3. The van der Waals surface area contributed by atoms with Crippen LogP contribution in [0.3, 0.4) is 0 Å². The summed E-state index contributed by atoms with van der Waals surface area (Å²) in [6, 6.07) is 6.89. The summed E-state index contributed by atoms with van der Waals surface area (Å²) in [6.45, 7) is 1.71. The summed E-state index contributed by atoms with van der Waals surface area (Å²) < 4.78 is 5.38. The maximum Gasteiger partial charge on any atom is 0.228 e. The first-order valence-electron chi connectivity index (χ1n) is 6.58. The van der Waals surface area contributed by atoms with Crippen molar-refractivity contribution in [2.45, 2.75) is 19.4 Å². The number of oxazole rings is 1. The number of aliphatic hydroxyl groups excluding tert-OH is 1. The molecule has 1 aromatic heterocycles. The molecule has 21 heavy (non-hydrogen) atoms. The van der Waals surface area contributed by atoms with Gasteiger partial charge >= 0.3 is 0 Å². The standard InChI is InChI=1S/C15H17ClN2O3/c1-10(8-19)18(2)14(20)7-13-9-21-15(17-13)11-3-5-12(16)6-4-11/h3-6,9-10,19H,7-8H2,1-2H3. The number of hydrogen-bond acceptors (Lipinski definition) is 4. The molecule has 1 N–H and O–H groups in total. The monoisotopic (exact) mass is 308 g/mol. The number of aromatic nitrogens is 1. The second-order valence-electron chi connectivity index (χ2n) is 4.86. The van der Waals surface area contributed by atoms with Gasteiger partial charge in [0.1, 0.15) is 6.26 Å². The second kappa shape index (κ2) is 6.74. The summed E-state index contributed by atoms with van der Waals surface area (Å²) in [6.07, 6.45) is 1.61. The maximum absolute atomic E-state index is 12.0. The van der Waals surface area contributed by atoms with Gasteiger partial charge in [0.2, 0.25) is 11.8 Å². The van der Waals surface area contributed by atoms with Crippen LogP contribution < -0.4 is 0 Å². The average molecular weight is 309 g/mol. The van der Waals surface area contributed by atoms with Crippen molar-refractivity contribution >= 4 is 17.5 Å². The minimum absolute atomic E-state index is 0.0723. The zero-order valence-corrected chi connectivity index (χ0v) is 12.7. The molecule has 0 fully saturated rings. The lowest BCUT2D eigenvalue weighted by atomic mass is 10.2. The largest absolute Gasteiger partial charge is 0.444 e. The molecule has 6 heteroatoms. The van der Waals surface area contributed by atoms with E-state index >= 15 is 0 Å². The Morgan fingerprint density at radius 2 is 2.10 bits per heavy atom. The van der Waals surface area contributed by atoms with Crippen LogP contribution in [-0.2, 0) is 11.2 Å². The van der Waals surface area contributed by atoms with Crippen LogP contribution in [0.2, 0.25) is 5.02 Å². The summed E-state index contributed by atoms with van der Waals surface area (Å²) in [5, 5.41) is 9.70. The van der Waals surface area contributed by atoms with Crippen molar-refractivity contribution in [3.8, 4) is 11.5 Å². The molecule has 0 saturated heterocycles. The number of hydrogen-bond donors (Lipinski definition) is 1. The smallest absolute Gasteiger partial charge is 0.228 e. The lowest BCUT2D eigenvalue weighted by Gasteiger charge is -2.22. The van der Waals surface area contributed by atoms with Gasteiger partial charge in [0.25, 0.3) is 0 Å². The molecule has 1 amide bonds. The molecular weight excluding hydrogens is 292 g/mol. The van der Waals surface area contributed by atoms with E-state index in [4.69, 9.17) is 21.1 Å². The number of benzene rings is 1. The Balaban J connectivity index is 2.06. The van der Waals surface area contributed by atoms with Gasteiger partial charge in [-0.05, 0) is 31.2 Å². The van der Waals surface area contributed by atoms with E-state index in [1.54, 1.807) is 38.2 Å². The van der Waals surface area contributed by atoms with Crippen LogP contribution in [0.25, 0.3) is 11.5 Å². The molecule has 0 aliphatic rings. The van der Waals surface area contributed by atoms with Crippen molar-refractivity contribution in [3.05, 3.63) is 41.2 Å². The number of rotatable bonds is 5. The normalized spacial score (nSPS) is 12.2. The zero-order valence-electron chi connectivity index (χ0n) is 11.9. The Bertz CT molecular complexity index is 610. The van der Waals surface area contributed by atoms with Gasteiger partial charge in [0.15, 0.2) is 0 Å². The fraction of sp³-hybridized carbons (Fsp3) is 0.333. The Hall–Kier alpha value is -1.85. The number of halogens is 1. The highest BCUT2D eigenvalue weighted by Crippen LogP contribution is 2.21. The summed E-state index contributed by atoms with van der Waals surface area (Å²) in [4.78, 5) is 17.8. The topological polar surface area (TPSA) is 66.6 Å². The number of carbonyl (C=O) groups excluding carboxylic acids is 1. The molecule has 0 spiro atoms. The van der Waals surface area contributed by atoms with Gasteiger partial charge < -0.3 is 14.4 Å². The van der Waals surface area contributed by atoms with E-state index in [2.05, 4.69) is 4.98 Å². The predicted octanol–water partition coefficient (Wildman–Crippen LogP) is 2.38. The van der Waals surface area contributed by atoms with Gasteiger partial charge in [-0.2, -0.15) is 0 Å². The molecule has 0 radical (unpaired) electrons. The van der Waals surface area contributed by atoms with Crippen LogP contribution in [-0.4, -0.2) is 40.6 Å². The third-order valence-corrected chi connectivity index (χ3v) is 3.55. The Labute approximate surface area is 128 Å². The van der Waals surface area contributed by atoms with Gasteiger partial charge in [0, 0.05) is 17.6 Å². The van der Waals surface area contributed by atoms with Crippen molar-refractivity contribution < 1.29 is 14.3 Å². The van der Waals surface area contributed by atoms with Gasteiger partial charge in [-0.25, -0.2) is 4.98 Å². The quantitative estimate of drug-likeness (QED) is 0.921. The molecule has 0 aliphatic carbocycles. The first-order chi connectivity index (χ1) is 10.0. The highest BCUT2D eigenvalue weighted by Gasteiger charge is 2.17. The van der Waals surface area contributed by atoms with Crippen LogP contribution in [0.4, 0.5) is 0 Å². The molecule has 1 heterocycles. The minimum Gasteiger partial charge on any atom is -0.444 e. The molecule has 5 nitrogen and oxygen atoms in total. The van der Waals surface area contributed by atoms with Crippen molar-refractivity contribution in [3.63, 3.8) is 0 Å². The Morgan fingerprint density at radius 3 is 2.71 bits per heavy atom.